The molecule has 0 aromatic heterocycles. The third-order valence-electron chi connectivity index (χ3n) is 2.87. The highest BCUT2D eigenvalue weighted by Gasteiger charge is 2.23. The van der Waals surface area contributed by atoms with E-state index in [2.05, 4.69) is 24.1 Å². The largest absolute Gasteiger partial charge is 0.480 e. The number of rotatable bonds is 7. The van der Waals surface area contributed by atoms with Gasteiger partial charge < -0.3 is 15.3 Å². The van der Waals surface area contributed by atoms with E-state index in [1.54, 1.807) is 0 Å². The van der Waals surface area contributed by atoms with E-state index >= 15 is 0 Å². The average molecular weight is 216 g/mol. The summed E-state index contributed by atoms with van der Waals surface area (Å²) in [4.78, 5) is 13.0. The summed E-state index contributed by atoms with van der Waals surface area (Å²) in [6.07, 6.45) is 1.56. The van der Waals surface area contributed by atoms with Crippen molar-refractivity contribution in [2.45, 2.75) is 45.2 Å². The Hall–Kier alpha value is -0.610. The lowest BCUT2D eigenvalue weighted by Gasteiger charge is -2.33. The second-order valence-corrected chi connectivity index (χ2v) is 4.77. The number of hydrogen-bond acceptors (Lipinski definition) is 3. The van der Waals surface area contributed by atoms with E-state index in [4.69, 9.17) is 5.11 Å². The average Bonchev–Trinajstić information content (AvgIpc) is 2.11. The second kappa shape index (κ2) is 6.08. The van der Waals surface area contributed by atoms with Crippen LogP contribution in [0.3, 0.4) is 0 Å². The maximum Gasteiger partial charge on any atom is 0.320 e. The number of nitrogens with one attached hydrogen (secondary N) is 1. The van der Waals surface area contributed by atoms with Crippen molar-refractivity contribution in [3.8, 4) is 0 Å². The number of carbonyl (C=O) groups is 1. The van der Waals surface area contributed by atoms with Crippen LogP contribution < -0.4 is 5.32 Å². The van der Waals surface area contributed by atoms with Gasteiger partial charge >= 0.3 is 5.97 Å². The monoisotopic (exact) mass is 216 g/mol. The summed E-state index contributed by atoms with van der Waals surface area (Å²) >= 11 is 0. The summed E-state index contributed by atoms with van der Waals surface area (Å²) in [5.74, 6) is -0.758. The van der Waals surface area contributed by atoms with Gasteiger partial charge in [-0.3, -0.25) is 4.79 Å². The van der Waals surface area contributed by atoms with Crippen molar-refractivity contribution < 1.29 is 9.90 Å². The van der Waals surface area contributed by atoms with E-state index in [1.807, 2.05) is 21.0 Å². The molecule has 2 N–H and O–H groups in total. The fourth-order valence-corrected chi connectivity index (χ4v) is 1.13. The predicted octanol–water partition coefficient (Wildman–Crippen LogP) is 1.17. The molecule has 0 fully saturated rings. The summed E-state index contributed by atoms with van der Waals surface area (Å²) in [5.41, 5.74) is -0.0263. The fourth-order valence-electron chi connectivity index (χ4n) is 1.13. The standard InChI is InChI=1S/C11H24N2O2/c1-6-7-9(10(14)15)12-8-11(2,3)13(4)5/h9,12H,6-8H2,1-5H3,(H,14,15). The molecule has 0 aliphatic rings. The molecule has 0 aliphatic carbocycles. The summed E-state index contributed by atoms with van der Waals surface area (Å²) in [7, 11) is 3.99. The first-order chi connectivity index (χ1) is 6.81. The number of aliphatic carboxylic acids is 1. The zero-order chi connectivity index (χ0) is 12.1. The maximum absolute atomic E-state index is 10.9. The molecule has 0 amide bonds. The highest BCUT2D eigenvalue weighted by atomic mass is 16.4. The molecular weight excluding hydrogens is 192 g/mol. The van der Waals surface area contributed by atoms with Gasteiger partial charge in [-0.2, -0.15) is 0 Å². The zero-order valence-electron chi connectivity index (χ0n) is 10.5. The quantitative estimate of drug-likeness (QED) is 0.671. The van der Waals surface area contributed by atoms with Crippen molar-refractivity contribution in [1.29, 1.82) is 0 Å². The lowest BCUT2D eigenvalue weighted by molar-refractivity contribution is -0.139. The minimum Gasteiger partial charge on any atom is -0.480 e. The first kappa shape index (κ1) is 14.4. The van der Waals surface area contributed by atoms with Crippen molar-refractivity contribution in [2.24, 2.45) is 0 Å². The zero-order valence-corrected chi connectivity index (χ0v) is 10.5. The third-order valence-corrected chi connectivity index (χ3v) is 2.87. The summed E-state index contributed by atoms with van der Waals surface area (Å²) in [5, 5.41) is 12.1. The number of carboxylic acids is 1. The van der Waals surface area contributed by atoms with Crippen LogP contribution in [0.4, 0.5) is 0 Å². The molecule has 0 aromatic rings. The molecular formula is C11H24N2O2. The van der Waals surface area contributed by atoms with Crippen LogP contribution in [0.15, 0.2) is 0 Å². The summed E-state index contributed by atoms with van der Waals surface area (Å²) in [6, 6.07) is -0.422. The lowest BCUT2D eigenvalue weighted by Crippen LogP contribution is -2.50. The van der Waals surface area contributed by atoms with Crippen LogP contribution in [0, 0.1) is 0 Å². The smallest absolute Gasteiger partial charge is 0.320 e. The van der Waals surface area contributed by atoms with Crippen molar-refractivity contribution >= 4 is 5.97 Å². The number of likely N-dealkylation sites (N-methyl/N-ethyl adjacent to an activating group) is 1. The molecule has 0 heterocycles. The molecule has 4 nitrogen and oxygen atoms in total. The highest BCUT2D eigenvalue weighted by Crippen LogP contribution is 2.09. The SMILES string of the molecule is CCCC(NCC(C)(C)N(C)C)C(=O)O. The van der Waals surface area contributed by atoms with Gasteiger partial charge in [0, 0.05) is 12.1 Å². The molecule has 0 aliphatic heterocycles. The maximum atomic E-state index is 10.9. The van der Waals surface area contributed by atoms with E-state index < -0.39 is 12.0 Å². The fraction of sp³-hybridized carbons (Fsp3) is 0.909. The molecule has 0 rings (SSSR count). The van der Waals surface area contributed by atoms with Crippen LogP contribution in [0.1, 0.15) is 33.6 Å². The van der Waals surface area contributed by atoms with Crippen LogP contribution >= 0.6 is 0 Å². The van der Waals surface area contributed by atoms with E-state index in [0.717, 1.165) is 6.42 Å². The highest BCUT2D eigenvalue weighted by molar-refractivity contribution is 5.73. The molecule has 0 bridgehead atoms. The Balaban J connectivity index is 4.15. The van der Waals surface area contributed by atoms with E-state index in [1.165, 1.54) is 0 Å². The first-order valence-corrected chi connectivity index (χ1v) is 5.45. The Kier molecular flexibility index (Phi) is 5.83. The molecule has 0 saturated carbocycles. The van der Waals surface area contributed by atoms with Gasteiger partial charge in [-0.25, -0.2) is 0 Å². The van der Waals surface area contributed by atoms with Gasteiger partial charge in [-0.15, -0.1) is 0 Å². The van der Waals surface area contributed by atoms with Crippen molar-refractivity contribution in [1.82, 2.24) is 10.2 Å². The predicted molar refractivity (Wildman–Crippen MR) is 62.1 cm³/mol. The summed E-state index contributed by atoms with van der Waals surface area (Å²) in [6.45, 7) is 6.85. The minimum atomic E-state index is -0.758. The van der Waals surface area contributed by atoms with Crippen LogP contribution in [0.25, 0.3) is 0 Å². The molecule has 1 atom stereocenters. The number of carboxylic acid groups (broad SMARTS) is 1. The van der Waals surface area contributed by atoms with Gasteiger partial charge in [0.15, 0.2) is 0 Å². The number of hydrogen-bond donors (Lipinski definition) is 2. The van der Waals surface area contributed by atoms with E-state index in [9.17, 15) is 4.79 Å². The Labute approximate surface area is 92.7 Å². The molecule has 15 heavy (non-hydrogen) atoms. The van der Waals surface area contributed by atoms with Gasteiger partial charge in [0.2, 0.25) is 0 Å². The van der Waals surface area contributed by atoms with Gasteiger partial charge in [-0.05, 0) is 34.4 Å². The van der Waals surface area contributed by atoms with Crippen molar-refractivity contribution in [3.05, 3.63) is 0 Å². The topological polar surface area (TPSA) is 52.6 Å². The van der Waals surface area contributed by atoms with Crippen LogP contribution in [0.5, 0.6) is 0 Å². The minimum absolute atomic E-state index is 0.0263. The lowest BCUT2D eigenvalue weighted by atomic mass is 10.0. The Bertz CT molecular complexity index is 203. The first-order valence-electron chi connectivity index (χ1n) is 5.45. The van der Waals surface area contributed by atoms with Gasteiger partial charge in [0.05, 0.1) is 0 Å². The molecule has 1 unspecified atom stereocenters. The molecule has 0 saturated heterocycles. The number of nitrogens with zero attached hydrogens (tertiary/aromatic N) is 1. The van der Waals surface area contributed by atoms with Crippen molar-refractivity contribution in [3.63, 3.8) is 0 Å². The molecule has 90 valence electrons. The van der Waals surface area contributed by atoms with E-state index in [-0.39, 0.29) is 5.54 Å². The third kappa shape index (κ3) is 5.14. The summed E-state index contributed by atoms with van der Waals surface area (Å²) < 4.78 is 0. The van der Waals surface area contributed by atoms with Crippen LogP contribution in [-0.2, 0) is 4.79 Å². The van der Waals surface area contributed by atoms with Gasteiger partial charge in [0.1, 0.15) is 6.04 Å². The van der Waals surface area contributed by atoms with Crippen LogP contribution in [-0.4, -0.2) is 48.2 Å². The Morgan fingerprint density at radius 1 is 1.47 bits per heavy atom. The Morgan fingerprint density at radius 2 is 2.00 bits per heavy atom. The second-order valence-electron chi connectivity index (χ2n) is 4.77. The van der Waals surface area contributed by atoms with Crippen LogP contribution in [0.2, 0.25) is 0 Å². The van der Waals surface area contributed by atoms with Crippen molar-refractivity contribution in [2.75, 3.05) is 20.6 Å². The molecule has 0 spiro atoms. The van der Waals surface area contributed by atoms with Gasteiger partial charge in [-0.1, -0.05) is 13.3 Å². The Morgan fingerprint density at radius 3 is 2.33 bits per heavy atom. The molecule has 0 aromatic carbocycles. The molecule has 0 radical (unpaired) electrons. The van der Waals surface area contributed by atoms with Gasteiger partial charge in [0.25, 0.3) is 0 Å². The van der Waals surface area contributed by atoms with E-state index in [0.29, 0.717) is 13.0 Å². The normalized spacial score (nSPS) is 14.3. The molecule has 4 heteroatoms.